The minimum atomic E-state index is -0.544. The third kappa shape index (κ3) is 5.77. The Labute approximate surface area is 207 Å². The SMILES string of the molecule is CC(=O)N[C@@H](C)C(=O)N1CCC2(CC1)C[C@H](CCN1CCN(c3ccc(F)cc3)C[C@@H]1C)NC2=O. The van der Waals surface area contributed by atoms with Crippen molar-refractivity contribution in [2.24, 2.45) is 5.41 Å². The van der Waals surface area contributed by atoms with Gasteiger partial charge in [0.1, 0.15) is 11.9 Å². The van der Waals surface area contributed by atoms with Crippen LogP contribution in [0.4, 0.5) is 10.1 Å². The van der Waals surface area contributed by atoms with Gasteiger partial charge in [0.05, 0.1) is 5.41 Å². The summed E-state index contributed by atoms with van der Waals surface area (Å²) in [5, 5.41) is 5.88. The summed E-state index contributed by atoms with van der Waals surface area (Å²) in [6, 6.07) is 6.68. The number of hydrogen-bond acceptors (Lipinski definition) is 5. The number of likely N-dealkylation sites (tertiary alicyclic amines) is 1. The highest BCUT2D eigenvalue weighted by Crippen LogP contribution is 2.41. The number of hydrogen-bond donors (Lipinski definition) is 2. The van der Waals surface area contributed by atoms with Crippen LogP contribution in [0.15, 0.2) is 24.3 Å². The van der Waals surface area contributed by atoms with Crippen LogP contribution >= 0.6 is 0 Å². The van der Waals surface area contributed by atoms with Gasteiger partial charge in [-0.25, -0.2) is 4.39 Å². The highest BCUT2D eigenvalue weighted by molar-refractivity contribution is 5.88. The van der Waals surface area contributed by atoms with E-state index in [2.05, 4.69) is 27.4 Å². The van der Waals surface area contributed by atoms with Crippen molar-refractivity contribution in [2.75, 3.05) is 44.2 Å². The molecule has 3 amide bonds. The van der Waals surface area contributed by atoms with Crippen LogP contribution in [0.25, 0.3) is 0 Å². The second kappa shape index (κ2) is 10.5. The molecule has 35 heavy (non-hydrogen) atoms. The van der Waals surface area contributed by atoms with E-state index in [1.165, 1.54) is 19.1 Å². The van der Waals surface area contributed by atoms with E-state index in [0.29, 0.717) is 32.0 Å². The zero-order valence-corrected chi connectivity index (χ0v) is 21.1. The van der Waals surface area contributed by atoms with Gasteiger partial charge in [-0.1, -0.05) is 0 Å². The number of carbonyl (C=O) groups is 3. The summed E-state index contributed by atoms with van der Waals surface area (Å²) in [5.41, 5.74) is 0.671. The number of halogens is 1. The van der Waals surface area contributed by atoms with Crippen molar-refractivity contribution in [1.29, 1.82) is 0 Å². The average Bonchev–Trinajstić information content (AvgIpc) is 3.12. The lowest BCUT2D eigenvalue weighted by Gasteiger charge is -2.41. The number of rotatable bonds is 6. The van der Waals surface area contributed by atoms with Crippen LogP contribution in [0, 0.1) is 11.2 Å². The minimum Gasteiger partial charge on any atom is -0.369 e. The summed E-state index contributed by atoms with van der Waals surface area (Å²) in [6.45, 7) is 10.1. The molecule has 3 aliphatic heterocycles. The standard InChI is InChI=1S/C26H38FN5O3/c1-18-17-32(23-6-4-21(27)5-7-23)15-14-30(18)11-8-22-16-26(25(35)29-22)9-12-31(13-10-26)24(34)19(2)28-20(3)33/h4-7,18-19,22H,8-17H2,1-3H3,(H,28,33)(H,29,35)/t18-,19-,22-/m0/s1. The Bertz CT molecular complexity index is 931. The summed E-state index contributed by atoms with van der Waals surface area (Å²) in [5.74, 6) is -0.394. The Hall–Kier alpha value is -2.68. The molecule has 4 rings (SSSR count). The number of benzene rings is 1. The van der Waals surface area contributed by atoms with Crippen LogP contribution in [0.1, 0.15) is 46.5 Å². The van der Waals surface area contributed by atoms with Gasteiger partial charge in [-0.05, 0) is 63.8 Å². The van der Waals surface area contributed by atoms with Crippen LogP contribution in [-0.2, 0) is 14.4 Å². The molecule has 1 spiro atoms. The van der Waals surface area contributed by atoms with Gasteiger partial charge in [-0.3, -0.25) is 19.3 Å². The van der Waals surface area contributed by atoms with E-state index < -0.39 is 6.04 Å². The van der Waals surface area contributed by atoms with Crippen molar-refractivity contribution in [3.05, 3.63) is 30.1 Å². The first-order valence-corrected chi connectivity index (χ1v) is 12.8. The van der Waals surface area contributed by atoms with Crippen molar-refractivity contribution < 1.29 is 18.8 Å². The molecule has 3 aliphatic rings. The van der Waals surface area contributed by atoms with Crippen LogP contribution < -0.4 is 15.5 Å². The number of anilines is 1. The van der Waals surface area contributed by atoms with Gasteiger partial charge in [-0.2, -0.15) is 0 Å². The smallest absolute Gasteiger partial charge is 0.244 e. The molecule has 0 bridgehead atoms. The number of amides is 3. The molecule has 0 unspecified atom stereocenters. The monoisotopic (exact) mass is 487 g/mol. The van der Waals surface area contributed by atoms with Crippen LogP contribution in [0.3, 0.4) is 0 Å². The number of nitrogens with zero attached hydrogens (tertiary/aromatic N) is 3. The Balaban J connectivity index is 1.24. The number of nitrogens with one attached hydrogen (secondary N) is 2. The molecule has 3 saturated heterocycles. The molecular formula is C26H38FN5O3. The van der Waals surface area contributed by atoms with Crippen molar-refractivity contribution in [3.63, 3.8) is 0 Å². The van der Waals surface area contributed by atoms with E-state index in [-0.39, 0.29) is 35.0 Å². The lowest BCUT2D eigenvalue weighted by Crippen LogP contribution is -2.52. The van der Waals surface area contributed by atoms with E-state index in [4.69, 9.17) is 0 Å². The zero-order valence-electron chi connectivity index (χ0n) is 21.1. The molecule has 2 N–H and O–H groups in total. The second-order valence-electron chi connectivity index (χ2n) is 10.5. The maximum Gasteiger partial charge on any atom is 0.244 e. The normalized spacial score (nSPS) is 25.4. The topological polar surface area (TPSA) is 85.0 Å². The van der Waals surface area contributed by atoms with Crippen molar-refractivity contribution in [3.8, 4) is 0 Å². The summed E-state index contributed by atoms with van der Waals surface area (Å²) in [7, 11) is 0. The van der Waals surface area contributed by atoms with Gasteiger partial charge in [0.2, 0.25) is 17.7 Å². The first-order valence-electron chi connectivity index (χ1n) is 12.8. The Morgan fingerprint density at radius 3 is 2.49 bits per heavy atom. The van der Waals surface area contributed by atoms with Crippen LogP contribution in [0.2, 0.25) is 0 Å². The highest BCUT2D eigenvalue weighted by atomic mass is 19.1. The molecule has 9 heteroatoms. The molecule has 1 aromatic carbocycles. The highest BCUT2D eigenvalue weighted by Gasteiger charge is 2.48. The fourth-order valence-corrected chi connectivity index (χ4v) is 5.89. The molecule has 3 fully saturated rings. The predicted molar refractivity (Wildman–Crippen MR) is 132 cm³/mol. The third-order valence-corrected chi connectivity index (χ3v) is 8.00. The molecule has 0 aliphatic carbocycles. The molecule has 8 nitrogen and oxygen atoms in total. The summed E-state index contributed by atoms with van der Waals surface area (Å²) >= 11 is 0. The molecule has 192 valence electrons. The van der Waals surface area contributed by atoms with E-state index in [9.17, 15) is 18.8 Å². The van der Waals surface area contributed by atoms with E-state index in [0.717, 1.165) is 44.7 Å². The quantitative estimate of drug-likeness (QED) is 0.639. The molecule has 3 atom stereocenters. The maximum absolute atomic E-state index is 13.2. The molecule has 3 heterocycles. The van der Waals surface area contributed by atoms with Crippen molar-refractivity contribution in [2.45, 2.75) is 64.6 Å². The molecule has 0 saturated carbocycles. The Kier molecular flexibility index (Phi) is 7.64. The lowest BCUT2D eigenvalue weighted by atomic mass is 9.75. The Morgan fingerprint density at radius 2 is 1.86 bits per heavy atom. The number of piperidine rings is 1. The van der Waals surface area contributed by atoms with E-state index in [1.807, 2.05) is 12.1 Å². The predicted octanol–water partition coefficient (Wildman–Crippen LogP) is 1.75. The van der Waals surface area contributed by atoms with E-state index in [1.54, 1.807) is 11.8 Å². The molecule has 0 aromatic heterocycles. The summed E-state index contributed by atoms with van der Waals surface area (Å²) in [6.07, 6.45) is 3.07. The second-order valence-corrected chi connectivity index (χ2v) is 10.5. The molecule has 0 radical (unpaired) electrons. The van der Waals surface area contributed by atoms with Crippen LogP contribution in [-0.4, -0.2) is 84.9 Å². The van der Waals surface area contributed by atoms with E-state index >= 15 is 0 Å². The average molecular weight is 488 g/mol. The first-order chi connectivity index (χ1) is 16.7. The van der Waals surface area contributed by atoms with Gasteiger partial charge >= 0.3 is 0 Å². The fourth-order valence-electron chi connectivity index (χ4n) is 5.89. The zero-order chi connectivity index (χ0) is 25.2. The maximum atomic E-state index is 13.2. The largest absolute Gasteiger partial charge is 0.369 e. The van der Waals surface area contributed by atoms with Crippen molar-refractivity contribution in [1.82, 2.24) is 20.4 Å². The van der Waals surface area contributed by atoms with Crippen molar-refractivity contribution >= 4 is 23.4 Å². The first kappa shape index (κ1) is 25.4. The molecular weight excluding hydrogens is 449 g/mol. The van der Waals surface area contributed by atoms with Gasteiger partial charge in [0, 0.05) is 64.0 Å². The summed E-state index contributed by atoms with van der Waals surface area (Å²) in [4.78, 5) is 43.3. The van der Waals surface area contributed by atoms with Gasteiger partial charge in [-0.15, -0.1) is 0 Å². The van der Waals surface area contributed by atoms with Gasteiger partial charge < -0.3 is 20.4 Å². The summed E-state index contributed by atoms with van der Waals surface area (Å²) < 4.78 is 13.2. The lowest BCUT2D eigenvalue weighted by molar-refractivity contribution is -0.140. The number of carbonyl (C=O) groups excluding carboxylic acids is 3. The minimum absolute atomic E-state index is 0.0845. The third-order valence-electron chi connectivity index (χ3n) is 8.00. The van der Waals surface area contributed by atoms with Gasteiger partial charge in [0.25, 0.3) is 0 Å². The number of piperazine rings is 1. The Morgan fingerprint density at radius 1 is 1.17 bits per heavy atom. The van der Waals surface area contributed by atoms with Crippen LogP contribution in [0.5, 0.6) is 0 Å². The fraction of sp³-hybridized carbons (Fsp3) is 0.654. The molecule has 1 aromatic rings. The van der Waals surface area contributed by atoms with Gasteiger partial charge in [0.15, 0.2) is 0 Å².